The average Bonchev–Trinajstić information content (AvgIpc) is 2.31. The van der Waals surface area contributed by atoms with Crippen LogP contribution in [-0.4, -0.2) is 36.5 Å². The van der Waals surface area contributed by atoms with Crippen LogP contribution in [0.25, 0.3) is 0 Å². The summed E-state index contributed by atoms with van der Waals surface area (Å²) >= 11 is 0. The van der Waals surface area contributed by atoms with Gasteiger partial charge in [-0.2, -0.15) is 0 Å². The first-order chi connectivity index (χ1) is 7.40. The highest BCUT2D eigenvalue weighted by Gasteiger charge is 2.20. The largest absolute Gasteiger partial charge is 0.339 e. The van der Waals surface area contributed by atoms with Crippen molar-refractivity contribution in [3.8, 4) is 0 Å². The Bertz CT molecular complexity index is 318. The van der Waals surface area contributed by atoms with Crippen LogP contribution in [0, 0.1) is 0 Å². The second-order valence-electron chi connectivity index (χ2n) is 3.90. The molecule has 0 aromatic carbocycles. The fraction of sp³-hybridized carbons (Fsp3) is 0.455. The van der Waals surface area contributed by atoms with Crippen molar-refractivity contribution in [2.45, 2.75) is 18.8 Å². The van der Waals surface area contributed by atoms with Crippen LogP contribution in [0.2, 0.25) is 0 Å². The van der Waals surface area contributed by atoms with Gasteiger partial charge in [0.15, 0.2) is 0 Å². The van der Waals surface area contributed by atoms with Crippen LogP contribution in [0.4, 0.5) is 0 Å². The zero-order valence-electron chi connectivity index (χ0n) is 8.67. The van der Waals surface area contributed by atoms with Gasteiger partial charge in [-0.1, -0.05) is 0 Å². The van der Waals surface area contributed by atoms with E-state index >= 15 is 0 Å². The molecule has 1 aromatic heterocycles. The number of piperidine rings is 1. The fourth-order valence-corrected chi connectivity index (χ4v) is 2.14. The molecule has 3 nitrogen and oxygen atoms in total. The summed E-state index contributed by atoms with van der Waals surface area (Å²) in [6.07, 6.45) is 6.88. The van der Waals surface area contributed by atoms with Gasteiger partial charge < -0.3 is 9.61 Å². The summed E-state index contributed by atoms with van der Waals surface area (Å²) < 4.78 is 0. The Hall–Kier alpha value is -1.16. The molecule has 1 unspecified atom stereocenters. The second kappa shape index (κ2) is 5.07. The fourth-order valence-electron chi connectivity index (χ4n) is 2.14. The summed E-state index contributed by atoms with van der Waals surface area (Å²) in [5, 5.41) is 0. The van der Waals surface area contributed by atoms with Gasteiger partial charge in [0.1, 0.15) is 0 Å². The summed E-state index contributed by atoms with van der Waals surface area (Å²) in [7, 11) is 1.65. The van der Waals surface area contributed by atoms with E-state index in [-0.39, 0.29) is 0 Å². The van der Waals surface area contributed by atoms with Gasteiger partial charge in [-0.15, -0.1) is 0 Å². The monoisotopic (exact) mass is 201 g/mol. The zero-order valence-corrected chi connectivity index (χ0v) is 8.67. The molecule has 15 heavy (non-hydrogen) atoms. The van der Waals surface area contributed by atoms with E-state index in [1.165, 1.54) is 12.0 Å². The lowest BCUT2D eigenvalue weighted by atomic mass is 9.84. The van der Waals surface area contributed by atoms with Crippen molar-refractivity contribution < 1.29 is 4.79 Å². The van der Waals surface area contributed by atoms with Crippen molar-refractivity contribution in [2.75, 3.05) is 13.1 Å². The minimum Gasteiger partial charge on any atom is -0.339 e. The van der Waals surface area contributed by atoms with Gasteiger partial charge in [0.05, 0.1) is 6.19 Å². The van der Waals surface area contributed by atoms with Gasteiger partial charge in [-0.3, -0.25) is 4.98 Å². The minimum atomic E-state index is 0.540. The molecule has 0 saturated carbocycles. The summed E-state index contributed by atoms with van der Waals surface area (Å²) in [6, 6.07) is 4.13. The van der Waals surface area contributed by atoms with E-state index in [0.717, 1.165) is 25.7 Å². The topological polar surface area (TPSA) is 33.2 Å². The van der Waals surface area contributed by atoms with E-state index in [4.69, 9.17) is 0 Å². The summed E-state index contributed by atoms with van der Waals surface area (Å²) in [5.74, 6) is 0.540. The molecule has 0 spiro atoms. The maximum atomic E-state index is 10.4. The minimum absolute atomic E-state index is 0.540. The quantitative estimate of drug-likeness (QED) is 0.541. The van der Waals surface area contributed by atoms with E-state index in [0.29, 0.717) is 5.92 Å². The summed E-state index contributed by atoms with van der Waals surface area (Å²) in [6.45, 7) is 1.95. The molecular formula is C11H14BN2O. The molecule has 1 aliphatic heterocycles. The predicted octanol–water partition coefficient (Wildman–Crippen LogP) is 1.07. The van der Waals surface area contributed by atoms with E-state index in [1.54, 1.807) is 7.41 Å². The first-order valence-corrected chi connectivity index (χ1v) is 5.33. The van der Waals surface area contributed by atoms with Gasteiger partial charge in [0, 0.05) is 12.4 Å². The van der Waals surface area contributed by atoms with Crippen molar-refractivity contribution in [1.82, 2.24) is 9.79 Å². The molecule has 0 aliphatic carbocycles. The molecule has 1 atom stereocenters. The normalized spacial score (nSPS) is 22.3. The van der Waals surface area contributed by atoms with E-state index in [9.17, 15) is 4.79 Å². The maximum Gasteiger partial charge on any atom is 0.293 e. The molecule has 2 rings (SSSR count). The molecule has 1 fully saturated rings. The van der Waals surface area contributed by atoms with Crippen LogP contribution < -0.4 is 0 Å². The first kappa shape index (κ1) is 10.4. The Kier molecular flexibility index (Phi) is 3.51. The van der Waals surface area contributed by atoms with E-state index in [1.807, 2.05) is 12.4 Å². The van der Waals surface area contributed by atoms with Crippen LogP contribution >= 0.6 is 0 Å². The number of aromatic nitrogens is 1. The van der Waals surface area contributed by atoms with Crippen LogP contribution in [-0.2, 0) is 4.79 Å². The van der Waals surface area contributed by atoms with Gasteiger partial charge in [0.25, 0.3) is 7.41 Å². The molecule has 77 valence electrons. The zero-order chi connectivity index (χ0) is 10.5. The predicted molar refractivity (Wildman–Crippen MR) is 60.3 cm³/mol. The van der Waals surface area contributed by atoms with E-state index < -0.39 is 0 Å². The Morgan fingerprint density at radius 2 is 2.27 bits per heavy atom. The highest BCUT2D eigenvalue weighted by Crippen LogP contribution is 2.25. The number of hydrogen-bond donors (Lipinski definition) is 0. The third-order valence-electron chi connectivity index (χ3n) is 2.90. The molecule has 1 radical (unpaired) electrons. The summed E-state index contributed by atoms with van der Waals surface area (Å²) in [4.78, 5) is 16.5. The van der Waals surface area contributed by atoms with Crippen molar-refractivity contribution in [3.05, 3.63) is 30.1 Å². The Balaban J connectivity index is 2.01. The molecule has 1 aromatic rings. The lowest BCUT2D eigenvalue weighted by Gasteiger charge is -2.31. The third-order valence-corrected chi connectivity index (χ3v) is 2.90. The molecule has 2 heterocycles. The number of nitrogens with zero attached hydrogens (tertiary/aromatic N) is 2. The second-order valence-corrected chi connectivity index (χ2v) is 3.90. The number of carbonyl (C=O) groups is 1. The number of hydrogen-bond acceptors (Lipinski definition) is 3. The maximum absolute atomic E-state index is 10.4. The van der Waals surface area contributed by atoms with Crippen LogP contribution in [0.1, 0.15) is 24.3 Å². The molecule has 0 amide bonds. The van der Waals surface area contributed by atoms with Crippen LogP contribution in [0.3, 0.4) is 0 Å². The Labute approximate surface area is 90.8 Å². The van der Waals surface area contributed by atoms with Crippen LogP contribution in [0.15, 0.2) is 24.5 Å². The summed E-state index contributed by atoms with van der Waals surface area (Å²) in [5.41, 5.74) is 1.33. The lowest BCUT2D eigenvalue weighted by Crippen LogP contribution is -2.37. The average molecular weight is 201 g/mol. The van der Waals surface area contributed by atoms with Gasteiger partial charge >= 0.3 is 0 Å². The molecule has 0 N–H and O–H groups in total. The highest BCUT2D eigenvalue weighted by molar-refractivity contribution is 6.64. The highest BCUT2D eigenvalue weighted by atomic mass is 16.1. The van der Waals surface area contributed by atoms with Crippen LogP contribution in [0.5, 0.6) is 0 Å². The lowest BCUT2D eigenvalue weighted by molar-refractivity contribution is 0.327. The van der Waals surface area contributed by atoms with Gasteiger partial charge in [0.2, 0.25) is 0 Å². The SMILES string of the molecule is O=C[B]N1CCCC(c2ccncc2)C1. The standard InChI is InChI=1S/C11H14BN2O/c15-9-12-14-7-1-2-11(8-14)10-3-5-13-6-4-10/h3-6,9,11H,1-2,7-8H2. The number of carbonyl (C=O) groups excluding carboxylic acids is 1. The molecular weight excluding hydrogens is 187 g/mol. The van der Waals surface area contributed by atoms with Crippen molar-refractivity contribution >= 4 is 13.6 Å². The molecule has 4 heteroatoms. The van der Waals surface area contributed by atoms with Crippen molar-refractivity contribution in [3.63, 3.8) is 0 Å². The molecule has 1 aliphatic rings. The molecule has 0 bridgehead atoms. The number of pyridine rings is 1. The third kappa shape index (κ3) is 2.66. The Morgan fingerprint density at radius 1 is 1.47 bits per heavy atom. The smallest absolute Gasteiger partial charge is 0.293 e. The van der Waals surface area contributed by atoms with Gasteiger partial charge in [-0.05, 0) is 49.5 Å². The molecule has 1 saturated heterocycles. The van der Waals surface area contributed by atoms with Crippen molar-refractivity contribution in [1.29, 1.82) is 0 Å². The Morgan fingerprint density at radius 3 is 3.00 bits per heavy atom. The van der Waals surface area contributed by atoms with E-state index in [2.05, 4.69) is 21.9 Å². The van der Waals surface area contributed by atoms with Crippen molar-refractivity contribution in [2.24, 2.45) is 0 Å². The van der Waals surface area contributed by atoms with Gasteiger partial charge in [-0.25, -0.2) is 0 Å². The number of rotatable bonds is 3. The first-order valence-electron chi connectivity index (χ1n) is 5.33.